The van der Waals surface area contributed by atoms with Crippen LogP contribution in [0.1, 0.15) is 36.6 Å². The molecule has 1 heterocycles. The summed E-state index contributed by atoms with van der Waals surface area (Å²) in [7, 11) is -1.64. The number of hydrogen-bond donors (Lipinski definition) is 1. The van der Waals surface area contributed by atoms with Crippen molar-refractivity contribution in [2.24, 2.45) is 5.92 Å². The van der Waals surface area contributed by atoms with Crippen molar-refractivity contribution < 1.29 is 8.42 Å². The summed E-state index contributed by atoms with van der Waals surface area (Å²) >= 11 is 1.54. The first kappa shape index (κ1) is 15.9. The first-order chi connectivity index (χ1) is 9.46. The summed E-state index contributed by atoms with van der Waals surface area (Å²) in [5.74, 6) is 0.565. The van der Waals surface area contributed by atoms with Gasteiger partial charge in [0.25, 0.3) is 0 Å². The van der Waals surface area contributed by atoms with Crippen molar-refractivity contribution in [3.8, 4) is 0 Å². The Balaban J connectivity index is 2.18. The number of nitrogens with one attached hydrogen (secondary N) is 1. The van der Waals surface area contributed by atoms with Crippen molar-refractivity contribution in [3.63, 3.8) is 0 Å². The van der Waals surface area contributed by atoms with Crippen LogP contribution in [0.25, 0.3) is 0 Å². The van der Waals surface area contributed by atoms with E-state index in [0.29, 0.717) is 23.9 Å². The predicted octanol–water partition coefficient (Wildman–Crippen LogP) is 2.59. The molecule has 114 valence electrons. The van der Waals surface area contributed by atoms with Gasteiger partial charge in [0.2, 0.25) is 10.0 Å². The van der Waals surface area contributed by atoms with E-state index < -0.39 is 10.0 Å². The Bertz CT molecular complexity index is 548. The lowest BCUT2D eigenvalue weighted by molar-refractivity contribution is 0.452. The highest BCUT2D eigenvalue weighted by Crippen LogP contribution is 2.33. The Morgan fingerprint density at radius 1 is 1.45 bits per heavy atom. The maximum Gasteiger partial charge on any atom is 0.244 e. The molecule has 0 unspecified atom stereocenters. The third-order valence-electron chi connectivity index (χ3n) is 3.58. The zero-order chi connectivity index (χ0) is 14.8. The summed E-state index contributed by atoms with van der Waals surface area (Å²) in [6, 6.07) is 0. The fourth-order valence-electron chi connectivity index (χ4n) is 2.25. The Labute approximate surface area is 126 Å². The number of rotatable bonds is 8. The van der Waals surface area contributed by atoms with E-state index in [-0.39, 0.29) is 0 Å². The second-order valence-corrected chi connectivity index (χ2v) is 8.52. The van der Waals surface area contributed by atoms with E-state index in [9.17, 15) is 8.42 Å². The Morgan fingerprint density at radius 3 is 2.75 bits per heavy atom. The van der Waals surface area contributed by atoms with Gasteiger partial charge in [-0.1, -0.05) is 6.92 Å². The summed E-state index contributed by atoms with van der Waals surface area (Å²) in [5, 5.41) is 5.24. The fraction of sp³-hybridized carbons (Fsp3) is 0.714. The molecule has 1 saturated carbocycles. The zero-order valence-electron chi connectivity index (χ0n) is 12.5. The Kier molecular flexibility index (Phi) is 5.23. The summed E-state index contributed by atoms with van der Waals surface area (Å²) < 4.78 is 27.0. The van der Waals surface area contributed by atoms with Crippen molar-refractivity contribution in [2.45, 2.75) is 44.6 Å². The molecule has 0 aliphatic heterocycles. The molecule has 0 spiro atoms. The van der Waals surface area contributed by atoms with Crippen LogP contribution >= 0.6 is 11.3 Å². The van der Waals surface area contributed by atoms with Crippen LogP contribution in [-0.2, 0) is 16.6 Å². The van der Waals surface area contributed by atoms with Gasteiger partial charge in [-0.3, -0.25) is 0 Å². The standard InChI is InChI=1S/C14H24N2O2S2/c1-4-7-15-8-13-14(11(2)10-19-13)20(17,18)16(3)9-12-5-6-12/h10,12,15H,4-9H2,1-3H3. The monoisotopic (exact) mass is 316 g/mol. The summed E-state index contributed by atoms with van der Waals surface area (Å²) in [6.07, 6.45) is 3.37. The third-order valence-corrected chi connectivity index (χ3v) is 6.87. The van der Waals surface area contributed by atoms with Crippen molar-refractivity contribution in [2.75, 3.05) is 20.1 Å². The largest absolute Gasteiger partial charge is 0.312 e. The van der Waals surface area contributed by atoms with Gasteiger partial charge in [0.15, 0.2) is 0 Å². The average molecular weight is 316 g/mol. The van der Waals surface area contributed by atoms with Crippen molar-refractivity contribution >= 4 is 21.4 Å². The maximum absolute atomic E-state index is 12.7. The minimum atomic E-state index is -3.35. The van der Waals surface area contributed by atoms with Crippen LogP contribution in [0, 0.1) is 12.8 Å². The quantitative estimate of drug-likeness (QED) is 0.750. The van der Waals surface area contributed by atoms with Gasteiger partial charge in [0.1, 0.15) is 4.90 Å². The average Bonchev–Trinajstić information content (AvgIpc) is 3.12. The molecular formula is C14H24N2O2S2. The number of sulfonamides is 1. The summed E-state index contributed by atoms with van der Waals surface area (Å²) in [5.41, 5.74) is 0.867. The van der Waals surface area contributed by atoms with Crippen molar-refractivity contribution in [3.05, 3.63) is 15.8 Å². The molecule has 20 heavy (non-hydrogen) atoms. The van der Waals surface area contributed by atoms with Gasteiger partial charge in [0, 0.05) is 25.0 Å². The maximum atomic E-state index is 12.7. The molecule has 1 aromatic heterocycles. The van der Waals surface area contributed by atoms with Gasteiger partial charge < -0.3 is 5.32 Å². The zero-order valence-corrected chi connectivity index (χ0v) is 14.1. The normalized spacial score (nSPS) is 16.0. The van der Waals surface area contributed by atoms with Gasteiger partial charge in [-0.15, -0.1) is 11.3 Å². The van der Waals surface area contributed by atoms with Crippen molar-refractivity contribution in [1.82, 2.24) is 9.62 Å². The first-order valence-corrected chi connectivity index (χ1v) is 9.52. The topological polar surface area (TPSA) is 49.4 Å². The van der Waals surface area contributed by atoms with E-state index in [1.165, 1.54) is 15.6 Å². The van der Waals surface area contributed by atoms with E-state index in [1.54, 1.807) is 7.05 Å². The molecule has 1 aliphatic carbocycles. The van der Waals surface area contributed by atoms with Crippen LogP contribution in [0.2, 0.25) is 0 Å². The molecule has 2 rings (SSSR count). The van der Waals surface area contributed by atoms with Crippen LogP contribution in [-0.4, -0.2) is 32.9 Å². The second-order valence-electron chi connectivity index (χ2n) is 5.58. The lowest BCUT2D eigenvalue weighted by atomic mass is 10.3. The number of nitrogens with zero attached hydrogens (tertiary/aromatic N) is 1. The first-order valence-electron chi connectivity index (χ1n) is 7.20. The van der Waals surface area contributed by atoms with E-state index in [4.69, 9.17) is 0 Å². The third kappa shape index (κ3) is 3.61. The molecule has 6 heteroatoms. The molecule has 0 saturated heterocycles. The highest BCUT2D eigenvalue weighted by Gasteiger charge is 2.31. The van der Waals surface area contributed by atoms with E-state index in [1.807, 2.05) is 12.3 Å². The van der Waals surface area contributed by atoms with Gasteiger partial charge in [-0.05, 0) is 49.6 Å². The van der Waals surface area contributed by atoms with E-state index in [0.717, 1.165) is 36.2 Å². The molecule has 0 aromatic carbocycles. The number of hydrogen-bond acceptors (Lipinski definition) is 4. The highest BCUT2D eigenvalue weighted by atomic mass is 32.2. The van der Waals surface area contributed by atoms with E-state index in [2.05, 4.69) is 12.2 Å². The lowest BCUT2D eigenvalue weighted by Crippen LogP contribution is -2.30. The fourth-order valence-corrected chi connectivity index (χ4v) is 5.22. The molecule has 1 fully saturated rings. The number of aryl methyl sites for hydroxylation is 1. The molecule has 0 radical (unpaired) electrons. The van der Waals surface area contributed by atoms with Crippen LogP contribution in [0.3, 0.4) is 0 Å². The summed E-state index contributed by atoms with van der Waals surface area (Å²) in [4.78, 5) is 1.45. The molecule has 0 amide bonds. The lowest BCUT2D eigenvalue weighted by Gasteiger charge is -2.18. The molecule has 0 bridgehead atoms. The molecule has 1 aromatic rings. The molecular weight excluding hydrogens is 292 g/mol. The van der Waals surface area contributed by atoms with Gasteiger partial charge in [-0.2, -0.15) is 0 Å². The highest BCUT2D eigenvalue weighted by molar-refractivity contribution is 7.89. The van der Waals surface area contributed by atoms with Gasteiger partial charge in [0.05, 0.1) is 0 Å². The van der Waals surface area contributed by atoms with Crippen LogP contribution in [0.15, 0.2) is 10.3 Å². The van der Waals surface area contributed by atoms with Crippen molar-refractivity contribution in [1.29, 1.82) is 0 Å². The van der Waals surface area contributed by atoms with Gasteiger partial charge >= 0.3 is 0 Å². The predicted molar refractivity (Wildman–Crippen MR) is 83.6 cm³/mol. The Hall–Kier alpha value is -0.430. The molecule has 0 atom stereocenters. The second kappa shape index (κ2) is 6.56. The minimum Gasteiger partial charge on any atom is -0.312 e. The van der Waals surface area contributed by atoms with Gasteiger partial charge in [-0.25, -0.2) is 12.7 Å². The smallest absolute Gasteiger partial charge is 0.244 e. The summed E-state index contributed by atoms with van der Waals surface area (Å²) in [6.45, 7) is 6.19. The minimum absolute atomic E-state index is 0.522. The molecule has 1 aliphatic rings. The van der Waals surface area contributed by atoms with Crippen LogP contribution < -0.4 is 5.32 Å². The van der Waals surface area contributed by atoms with Crippen LogP contribution in [0.4, 0.5) is 0 Å². The van der Waals surface area contributed by atoms with Crippen LogP contribution in [0.5, 0.6) is 0 Å². The Morgan fingerprint density at radius 2 is 2.15 bits per heavy atom. The van der Waals surface area contributed by atoms with E-state index >= 15 is 0 Å². The number of thiophene rings is 1. The SMILES string of the molecule is CCCNCc1scc(C)c1S(=O)(=O)N(C)CC1CC1. The molecule has 1 N–H and O–H groups in total. The molecule has 4 nitrogen and oxygen atoms in total.